The lowest BCUT2D eigenvalue weighted by molar-refractivity contribution is 0.399. The van der Waals surface area contributed by atoms with E-state index in [2.05, 4.69) is 15.9 Å². The van der Waals surface area contributed by atoms with E-state index in [1.54, 1.807) is 25.6 Å². The minimum Gasteiger partial charge on any atom is -0.497 e. The number of ether oxygens (including phenoxy) is 2. The van der Waals surface area contributed by atoms with Gasteiger partial charge in [0.15, 0.2) is 0 Å². The van der Waals surface area contributed by atoms with Gasteiger partial charge >= 0.3 is 0 Å². The Morgan fingerprint density at radius 3 is 2.50 bits per heavy atom. The van der Waals surface area contributed by atoms with Crippen molar-refractivity contribution in [3.8, 4) is 11.5 Å². The normalized spacial score (nSPS) is 12.2. The van der Waals surface area contributed by atoms with Gasteiger partial charge in [-0.2, -0.15) is 0 Å². The van der Waals surface area contributed by atoms with Crippen LogP contribution in [0.4, 0.5) is 0 Å². The van der Waals surface area contributed by atoms with Crippen LogP contribution < -0.4 is 9.47 Å². The second-order valence-electron chi connectivity index (χ2n) is 3.61. The molecule has 0 fully saturated rings. The van der Waals surface area contributed by atoms with Crippen molar-refractivity contribution in [1.29, 1.82) is 0 Å². The van der Waals surface area contributed by atoms with Crippen LogP contribution in [-0.4, -0.2) is 14.2 Å². The summed E-state index contributed by atoms with van der Waals surface area (Å²) in [4.78, 5) is 1.06. The highest BCUT2D eigenvalue weighted by atomic mass is 79.9. The molecule has 2 aromatic rings. The summed E-state index contributed by atoms with van der Waals surface area (Å²) in [6.07, 6.45) is 0. The molecule has 0 spiro atoms. The van der Waals surface area contributed by atoms with Crippen molar-refractivity contribution in [2.24, 2.45) is 0 Å². The maximum atomic E-state index is 6.51. The van der Waals surface area contributed by atoms with Crippen molar-refractivity contribution in [3.05, 3.63) is 44.6 Å². The van der Waals surface area contributed by atoms with Crippen molar-refractivity contribution in [2.45, 2.75) is 5.38 Å². The number of benzene rings is 1. The van der Waals surface area contributed by atoms with Crippen LogP contribution >= 0.6 is 38.9 Å². The third-order valence-electron chi connectivity index (χ3n) is 2.55. The van der Waals surface area contributed by atoms with Crippen LogP contribution in [0.5, 0.6) is 11.5 Å². The van der Waals surface area contributed by atoms with Crippen LogP contribution in [0, 0.1) is 0 Å². The van der Waals surface area contributed by atoms with E-state index in [9.17, 15) is 0 Å². The molecule has 1 unspecified atom stereocenters. The maximum Gasteiger partial charge on any atom is 0.124 e. The van der Waals surface area contributed by atoms with Crippen molar-refractivity contribution in [1.82, 2.24) is 0 Å². The van der Waals surface area contributed by atoms with E-state index in [1.165, 1.54) is 0 Å². The van der Waals surface area contributed by atoms with Crippen molar-refractivity contribution >= 4 is 38.9 Å². The van der Waals surface area contributed by atoms with E-state index < -0.39 is 0 Å². The highest BCUT2D eigenvalue weighted by Gasteiger charge is 2.18. The zero-order valence-corrected chi connectivity index (χ0v) is 13.1. The first-order valence-electron chi connectivity index (χ1n) is 5.27. The van der Waals surface area contributed by atoms with Crippen molar-refractivity contribution < 1.29 is 9.47 Å². The fourth-order valence-electron chi connectivity index (χ4n) is 1.66. The van der Waals surface area contributed by atoms with Gasteiger partial charge in [0.1, 0.15) is 11.5 Å². The Bertz CT molecular complexity index is 542. The van der Waals surface area contributed by atoms with Gasteiger partial charge in [-0.3, -0.25) is 0 Å². The summed E-state index contributed by atoms with van der Waals surface area (Å²) in [5.41, 5.74) is 0.910. The Balaban J connectivity index is 2.41. The van der Waals surface area contributed by atoms with Crippen LogP contribution in [0.1, 0.15) is 15.8 Å². The van der Waals surface area contributed by atoms with Gasteiger partial charge in [0.05, 0.1) is 23.4 Å². The topological polar surface area (TPSA) is 18.5 Å². The highest BCUT2D eigenvalue weighted by molar-refractivity contribution is 9.11. The standard InChI is InChI=1S/C13H12BrClO2S/c1-16-8-3-4-10(17-2)9(7-8)13(15)11-5-6-12(14)18-11/h3-7,13H,1-2H3. The van der Waals surface area contributed by atoms with Gasteiger partial charge < -0.3 is 9.47 Å². The summed E-state index contributed by atoms with van der Waals surface area (Å²) >= 11 is 11.6. The first kappa shape index (κ1) is 13.7. The van der Waals surface area contributed by atoms with E-state index in [0.29, 0.717) is 0 Å². The Kier molecular flexibility index (Phi) is 4.54. The summed E-state index contributed by atoms with van der Waals surface area (Å²) < 4.78 is 11.6. The summed E-state index contributed by atoms with van der Waals surface area (Å²) in [6, 6.07) is 9.62. The summed E-state index contributed by atoms with van der Waals surface area (Å²) in [6.45, 7) is 0. The third-order valence-corrected chi connectivity index (χ3v) is 4.84. The molecule has 96 valence electrons. The molecule has 1 heterocycles. The number of rotatable bonds is 4. The summed E-state index contributed by atoms with van der Waals surface area (Å²) in [5, 5.41) is -0.244. The second kappa shape index (κ2) is 5.95. The molecule has 1 aromatic heterocycles. The molecule has 0 saturated heterocycles. The van der Waals surface area contributed by atoms with E-state index in [1.807, 2.05) is 30.3 Å². The molecule has 0 aliphatic heterocycles. The SMILES string of the molecule is COc1ccc(OC)c(C(Cl)c2ccc(Br)s2)c1. The molecule has 0 radical (unpaired) electrons. The molecule has 2 rings (SSSR count). The van der Waals surface area contributed by atoms with E-state index >= 15 is 0 Å². The molecule has 0 aliphatic carbocycles. The van der Waals surface area contributed by atoms with Crippen LogP contribution in [0.15, 0.2) is 34.1 Å². The van der Waals surface area contributed by atoms with Crippen LogP contribution in [0.25, 0.3) is 0 Å². The van der Waals surface area contributed by atoms with Crippen LogP contribution in [-0.2, 0) is 0 Å². The third kappa shape index (κ3) is 2.82. The number of hydrogen-bond acceptors (Lipinski definition) is 3. The Hall–Kier alpha value is -0.710. The fraction of sp³-hybridized carbons (Fsp3) is 0.231. The predicted octanol–water partition coefficient (Wildman–Crippen LogP) is 4.86. The lowest BCUT2D eigenvalue weighted by Crippen LogP contribution is -1.97. The summed E-state index contributed by atoms with van der Waals surface area (Å²) in [7, 11) is 3.27. The van der Waals surface area contributed by atoms with Gasteiger partial charge in [-0.15, -0.1) is 22.9 Å². The summed E-state index contributed by atoms with van der Waals surface area (Å²) in [5.74, 6) is 1.53. The average molecular weight is 348 g/mol. The predicted molar refractivity (Wildman–Crippen MR) is 79.3 cm³/mol. The van der Waals surface area contributed by atoms with E-state index in [0.717, 1.165) is 25.7 Å². The molecule has 0 N–H and O–H groups in total. The Morgan fingerprint density at radius 2 is 1.94 bits per heavy atom. The van der Waals surface area contributed by atoms with Gasteiger partial charge in [-0.1, -0.05) is 0 Å². The molecule has 0 saturated carbocycles. The molecular formula is C13H12BrClO2S. The quantitative estimate of drug-likeness (QED) is 0.736. The molecule has 5 heteroatoms. The van der Waals surface area contributed by atoms with Gasteiger partial charge in [0.25, 0.3) is 0 Å². The fourth-order valence-corrected chi connectivity index (χ4v) is 3.45. The number of thiophene rings is 1. The molecule has 18 heavy (non-hydrogen) atoms. The lowest BCUT2D eigenvalue weighted by Gasteiger charge is -2.14. The van der Waals surface area contributed by atoms with Gasteiger partial charge in [-0.05, 0) is 46.3 Å². The minimum absolute atomic E-state index is 0.244. The number of hydrogen-bond donors (Lipinski definition) is 0. The number of alkyl halides is 1. The average Bonchev–Trinajstić information content (AvgIpc) is 2.83. The highest BCUT2D eigenvalue weighted by Crippen LogP contribution is 2.40. The maximum absolute atomic E-state index is 6.51. The zero-order valence-electron chi connectivity index (χ0n) is 9.94. The van der Waals surface area contributed by atoms with Crippen molar-refractivity contribution in [2.75, 3.05) is 14.2 Å². The molecule has 2 nitrogen and oxygen atoms in total. The second-order valence-corrected chi connectivity index (χ2v) is 6.54. The lowest BCUT2D eigenvalue weighted by atomic mass is 10.1. The smallest absolute Gasteiger partial charge is 0.124 e. The molecular weight excluding hydrogens is 336 g/mol. The molecule has 0 bridgehead atoms. The van der Waals surface area contributed by atoms with Gasteiger partial charge in [0, 0.05) is 10.4 Å². The monoisotopic (exact) mass is 346 g/mol. The van der Waals surface area contributed by atoms with Crippen molar-refractivity contribution in [3.63, 3.8) is 0 Å². The Labute approximate surface area is 124 Å². The molecule has 0 aliphatic rings. The van der Waals surface area contributed by atoms with Gasteiger partial charge in [-0.25, -0.2) is 0 Å². The zero-order chi connectivity index (χ0) is 13.1. The van der Waals surface area contributed by atoms with Crippen LogP contribution in [0.2, 0.25) is 0 Å². The number of methoxy groups -OCH3 is 2. The van der Waals surface area contributed by atoms with E-state index in [4.69, 9.17) is 21.1 Å². The molecule has 1 aromatic carbocycles. The molecule has 1 atom stereocenters. The van der Waals surface area contributed by atoms with E-state index in [-0.39, 0.29) is 5.38 Å². The van der Waals surface area contributed by atoms with Crippen LogP contribution in [0.3, 0.4) is 0 Å². The number of halogens is 2. The molecule has 0 amide bonds. The largest absolute Gasteiger partial charge is 0.497 e. The van der Waals surface area contributed by atoms with Gasteiger partial charge in [0.2, 0.25) is 0 Å². The first-order chi connectivity index (χ1) is 8.65. The minimum atomic E-state index is -0.244. The first-order valence-corrected chi connectivity index (χ1v) is 7.31. The Morgan fingerprint density at radius 1 is 1.17 bits per heavy atom.